The van der Waals surface area contributed by atoms with Crippen molar-refractivity contribution < 1.29 is 9.59 Å². The van der Waals surface area contributed by atoms with E-state index in [1.807, 2.05) is 18.2 Å². The van der Waals surface area contributed by atoms with Gasteiger partial charge in [0.1, 0.15) is 0 Å². The van der Waals surface area contributed by atoms with Crippen LogP contribution in [0.5, 0.6) is 0 Å². The van der Waals surface area contributed by atoms with Gasteiger partial charge in [-0.1, -0.05) is 41.4 Å². The molecule has 0 fully saturated rings. The zero-order chi connectivity index (χ0) is 18.4. The number of carbonyl (C=O) groups is 2. The van der Waals surface area contributed by atoms with E-state index in [1.165, 1.54) is 17.1 Å². The van der Waals surface area contributed by atoms with Gasteiger partial charge in [0.15, 0.2) is 0 Å². The van der Waals surface area contributed by atoms with Gasteiger partial charge in [-0.2, -0.15) is 0 Å². The Hall–Kier alpha value is -1.82. The number of amides is 2. The summed E-state index contributed by atoms with van der Waals surface area (Å²) in [7, 11) is 1.54. The van der Waals surface area contributed by atoms with Crippen LogP contribution >= 0.6 is 39.1 Å². The molecule has 0 radical (unpaired) electrons. The fraction of sp³-hybridized carbons (Fsp3) is 0.111. The minimum atomic E-state index is -0.335. The third kappa shape index (κ3) is 5.59. The van der Waals surface area contributed by atoms with Crippen LogP contribution in [0.2, 0.25) is 10.0 Å². The standard InChI is InChI=1S/C18H15BrCl2N2O2/c1-23(11-17(24)22-16-8-3-2-5-13(16)19)18(25)10-9-12-14(20)6-4-7-15(12)21/h2-10H,11H2,1H3,(H,22,24)/b10-9+. The number of halogens is 3. The number of nitrogens with zero attached hydrogens (tertiary/aromatic N) is 1. The molecule has 0 atom stereocenters. The topological polar surface area (TPSA) is 49.4 Å². The molecule has 4 nitrogen and oxygen atoms in total. The molecule has 2 rings (SSSR count). The number of likely N-dealkylation sites (N-methyl/N-ethyl adjacent to an activating group) is 1. The smallest absolute Gasteiger partial charge is 0.246 e. The lowest BCUT2D eigenvalue weighted by Gasteiger charge is -2.15. The highest BCUT2D eigenvalue weighted by molar-refractivity contribution is 9.10. The largest absolute Gasteiger partial charge is 0.333 e. The average molecular weight is 442 g/mol. The van der Waals surface area contributed by atoms with Crippen LogP contribution in [0.1, 0.15) is 5.56 Å². The monoisotopic (exact) mass is 440 g/mol. The molecule has 0 saturated heterocycles. The van der Waals surface area contributed by atoms with Crippen molar-refractivity contribution in [2.24, 2.45) is 0 Å². The molecule has 2 aromatic rings. The number of hydrogen-bond acceptors (Lipinski definition) is 2. The van der Waals surface area contributed by atoms with E-state index >= 15 is 0 Å². The second-order valence-corrected chi connectivity index (χ2v) is 6.86. The lowest BCUT2D eigenvalue weighted by Crippen LogP contribution is -2.33. The third-order valence-corrected chi connectivity index (χ3v) is 4.65. The number of carbonyl (C=O) groups excluding carboxylic acids is 2. The highest BCUT2D eigenvalue weighted by Crippen LogP contribution is 2.25. The zero-order valence-corrected chi connectivity index (χ0v) is 16.4. The Morgan fingerprint density at radius 1 is 1.12 bits per heavy atom. The Balaban J connectivity index is 1.97. The second-order valence-electron chi connectivity index (χ2n) is 5.19. The molecule has 0 bridgehead atoms. The van der Waals surface area contributed by atoms with Gasteiger partial charge in [0.2, 0.25) is 11.8 Å². The van der Waals surface area contributed by atoms with Gasteiger partial charge in [-0.15, -0.1) is 0 Å². The lowest BCUT2D eigenvalue weighted by atomic mass is 10.2. The van der Waals surface area contributed by atoms with Crippen LogP contribution in [-0.2, 0) is 9.59 Å². The van der Waals surface area contributed by atoms with Crippen molar-refractivity contribution in [2.75, 3.05) is 18.9 Å². The van der Waals surface area contributed by atoms with Crippen molar-refractivity contribution >= 4 is 62.7 Å². The van der Waals surface area contributed by atoms with Gasteiger partial charge in [0.05, 0.1) is 12.2 Å². The summed E-state index contributed by atoms with van der Waals surface area (Å²) in [6, 6.07) is 12.3. The first kappa shape index (κ1) is 19.5. The van der Waals surface area contributed by atoms with Crippen molar-refractivity contribution in [3.05, 3.63) is 68.6 Å². The van der Waals surface area contributed by atoms with E-state index in [-0.39, 0.29) is 18.4 Å². The molecule has 0 heterocycles. The van der Waals surface area contributed by atoms with E-state index in [9.17, 15) is 9.59 Å². The minimum absolute atomic E-state index is 0.0826. The molecule has 0 aliphatic rings. The summed E-state index contributed by atoms with van der Waals surface area (Å²) in [5.41, 5.74) is 1.21. The number of anilines is 1. The summed E-state index contributed by atoms with van der Waals surface area (Å²) in [4.78, 5) is 25.5. The fourth-order valence-corrected chi connectivity index (χ4v) is 2.90. The Morgan fingerprint density at radius 2 is 1.76 bits per heavy atom. The molecule has 0 unspecified atom stereocenters. The van der Waals surface area contributed by atoms with Crippen LogP contribution in [-0.4, -0.2) is 30.3 Å². The van der Waals surface area contributed by atoms with Crippen molar-refractivity contribution in [1.29, 1.82) is 0 Å². The Bertz CT molecular complexity index is 804. The van der Waals surface area contributed by atoms with Crippen molar-refractivity contribution in [3.8, 4) is 0 Å². The minimum Gasteiger partial charge on any atom is -0.333 e. The predicted molar refractivity (Wildman–Crippen MR) is 106 cm³/mol. The maximum absolute atomic E-state index is 12.2. The molecule has 7 heteroatoms. The molecule has 0 aliphatic carbocycles. The fourth-order valence-electron chi connectivity index (χ4n) is 2.00. The number of hydrogen-bond donors (Lipinski definition) is 1. The molecule has 0 aromatic heterocycles. The number of benzene rings is 2. The van der Waals surface area contributed by atoms with Crippen LogP contribution in [0.25, 0.3) is 6.08 Å². The van der Waals surface area contributed by atoms with Gasteiger partial charge in [-0.3, -0.25) is 9.59 Å². The molecule has 1 N–H and O–H groups in total. The van der Waals surface area contributed by atoms with Crippen LogP contribution in [0, 0.1) is 0 Å². The first-order valence-electron chi connectivity index (χ1n) is 7.30. The summed E-state index contributed by atoms with van der Waals surface area (Å²) in [6.45, 7) is -0.0826. The van der Waals surface area contributed by atoms with Gasteiger partial charge in [-0.25, -0.2) is 0 Å². The number of nitrogens with one attached hydrogen (secondary N) is 1. The second kappa shape index (κ2) is 9.04. The van der Waals surface area contributed by atoms with E-state index in [1.54, 1.807) is 31.3 Å². The normalized spacial score (nSPS) is 10.7. The van der Waals surface area contributed by atoms with Gasteiger partial charge in [0.25, 0.3) is 0 Å². The number of para-hydroxylation sites is 1. The number of rotatable bonds is 5. The van der Waals surface area contributed by atoms with Crippen LogP contribution in [0.3, 0.4) is 0 Å². The molecular weight excluding hydrogens is 427 g/mol. The van der Waals surface area contributed by atoms with Crippen molar-refractivity contribution in [1.82, 2.24) is 4.90 Å². The van der Waals surface area contributed by atoms with Crippen molar-refractivity contribution in [2.45, 2.75) is 0 Å². The maximum atomic E-state index is 12.2. The zero-order valence-electron chi connectivity index (χ0n) is 13.3. The molecule has 0 saturated carbocycles. The Labute approximate surface area is 164 Å². The quantitative estimate of drug-likeness (QED) is 0.673. The summed E-state index contributed by atoms with van der Waals surface area (Å²) < 4.78 is 0.769. The van der Waals surface area contributed by atoms with E-state index in [0.717, 1.165) is 4.47 Å². The molecule has 0 aliphatic heterocycles. The highest BCUT2D eigenvalue weighted by Gasteiger charge is 2.12. The van der Waals surface area contributed by atoms with Gasteiger partial charge >= 0.3 is 0 Å². The Morgan fingerprint density at radius 3 is 2.40 bits per heavy atom. The van der Waals surface area contributed by atoms with E-state index in [0.29, 0.717) is 21.3 Å². The van der Waals surface area contributed by atoms with Gasteiger partial charge in [0, 0.05) is 33.2 Å². The first-order chi connectivity index (χ1) is 11.9. The van der Waals surface area contributed by atoms with Gasteiger partial charge < -0.3 is 10.2 Å². The summed E-state index contributed by atoms with van der Waals surface area (Å²) in [6.07, 6.45) is 2.87. The van der Waals surface area contributed by atoms with Gasteiger partial charge in [-0.05, 0) is 46.3 Å². The van der Waals surface area contributed by atoms with E-state index in [4.69, 9.17) is 23.2 Å². The molecule has 130 valence electrons. The molecular formula is C18H15BrCl2N2O2. The summed E-state index contributed by atoms with van der Waals surface area (Å²) >= 11 is 15.5. The van der Waals surface area contributed by atoms with Crippen LogP contribution in [0.4, 0.5) is 5.69 Å². The molecule has 2 aromatic carbocycles. The van der Waals surface area contributed by atoms with E-state index < -0.39 is 0 Å². The first-order valence-corrected chi connectivity index (χ1v) is 8.85. The van der Waals surface area contributed by atoms with E-state index in [2.05, 4.69) is 21.2 Å². The lowest BCUT2D eigenvalue weighted by molar-refractivity contribution is -0.129. The highest BCUT2D eigenvalue weighted by atomic mass is 79.9. The SMILES string of the molecule is CN(CC(=O)Nc1ccccc1Br)C(=O)/C=C/c1c(Cl)cccc1Cl. The third-order valence-electron chi connectivity index (χ3n) is 3.30. The molecule has 0 spiro atoms. The predicted octanol–water partition coefficient (Wildman–Crippen LogP) is 4.87. The van der Waals surface area contributed by atoms with Crippen LogP contribution in [0.15, 0.2) is 53.0 Å². The molecule has 2 amide bonds. The average Bonchev–Trinajstić information content (AvgIpc) is 2.56. The summed E-state index contributed by atoms with van der Waals surface area (Å²) in [5, 5.41) is 3.64. The van der Waals surface area contributed by atoms with Crippen molar-refractivity contribution in [3.63, 3.8) is 0 Å². The van der Waals surface area contributed by atoms with Crippen LogP contribution < -0.4 is 5.32 Å². The molecule has 25 heavy (non-hydrogen) atoms. The Kier molecular flexibility index (Phi) is 7.05. The maximum Gasteiger partial charge on any atom is 0.246 e. The summed E-state index contributed by atoms with van der Waals surface area (Å²) in [5.74, 6) is -0.634.